The summed E-state index contributed by atoms with van der Waals surface area (Å²) in [5, 5.41) is 8.54. The number of piperidine rings is 1. The Morgan fingerprint density at radius 3 is 2.21 bits per heavy atom. The van der Waals surface area contributed by atoms with Gasteiger partial charge in [-0.05, 0) is 62.5 Å². The van der Waals surface area contributed by atoms with Gasteiger partial charge in [0.05, 0.1) is 12.2 Å². The van der Waals surface area contributed by atoms with Crippen molar-refractivity contribution in [3.63, 3.8) is 0 Å². The molecule has 0 aromatic heterocycles. The van der Waals surface area contributed by atoms with Gasteiger partial charge in [0.2, 0.25) is 0 Å². The molecule has 2 aliphatic rings. The number of Topliss-reactive ketones (excluding diaryl/α,β-unsaturated/α-hetero) is 1. The van der Waals surface area contributed by atoms with Crippen LogP contribution in [-0.4, -0.2) is 86.6 Å². The van der Waals surface area contributed by atoms with E-state index >= 15 is 4.39 Å². The van der Waals surface area contributed by atoms with Crippen LogP contribution in [0.1, 0.15) is 50.2 Å². The van der Waals surface area contributed by atoms with E-state index < -0.39 is 53.9 Å². The lowest BCUT2D eigenvalue weighted by atomic mass is 9.92. The van der Waals surface area contributed by atoms with Crippen LogP contribution >= 0.6 is 0 Å². The number of carbonyl (C=O) groups excluding carboxylic acids is 5. The Morgan fingerprint density at radius 1 is 0.946 bits per heavy atom. The first kappa shape index (κ1) is 41.4. The Bertz CT molecular complexity index is 1790. The molecule has 15 nitrogen and oxygen atoms in total. The smallest absolute Gasteiger partial charge is 0.414 e. The molecule has 0 bridgehead atoms. The summed E-state index contributed by atoms with van der Waals surface area (Å²) in [7, 11) is 0. The average Bonchev–Trinajstić information content (AvgIpc) is 3.60. The monoisotopic (exact) mass is 777 g/mol. The van der Waals surface area contributed by atoms with Crippen LogP contribution < -0.4 is 31.3 Å². The van der Waals surface area contributed by atoms with E-state index in [1.54, 1.807) is 12.1 Å². The predicted octanol–water partition coefficient (Wildman–Crippen LogP) is 4.50. The number of benzene rings is 3. The topological polar surface area (TPSA) is 197 Å². The number of nitrogens with two attached hydrogens (primary N) is 1. The van der Waals surface area contributed by atoms with E-state index in [4.69, 9.17) is 29.4 Å². The van der Waals surface area contributed by atoms with Crippen LogP contribution in [-0.2, 0) is 41.8 Å². The molecular formula is C40H48FN5O10. The van der Waals surface area contributed by atoms with Crippen LogP contribution in [0.3, 0.4) is 0 Å². The SMILES string of the molecule is CC(=O)C(N)[C@@H]1CN(c2ccc(OCC3(OC(=O)C(CCCCNC(=O)OCc4ccccc4)NC(=O)OCc4ccccc4)CCNCC3)c(F)c2)C(=O)O1. The largest absolute Gasteiger partial charge is 0.486 e. The zero-order valence-corrected chi connectivity index (χ0v) is 31.2. The van der Waals surface area contributed by atoms with E-state index in [1.165, 1.54) is 24.0 Å². The number of unbranched alkanes of at least 4 members (excludes halogenated alkanes) is 1. The van der Waals surface area contributed by atoms with Gasteiger partial charge in [0.1, 0.15) is 49.4 Å². The molecule has 3 atom stereocenters. The van der Waals surface area contributed by atoms with Crippen LogP contribution in [0.2, 0.25) is 0 Å². The van der Waals surface area contributed by atoms with E-state index in [-0.39, 0.29) is 56.6 Å². The molecule has 5 N–H and O–H groups in total. The molecule has 2 heterocycles. The quantitative estimate of drug-likeness (QED) is 0.0803. The number of rotatable bonds is 18. The minimum atomic E-state index is -1.17. The van der Waals surface area contributed by atoms with E-state index in [1.807, 2.05) is 48.5 Å². The van der Waals surface area contributed by atoms with Gasteiger partial charge < -0.3 is 45.4 Å². The molecule has 3 aromatic carbocycles. The maximum absolute atomic E-state index is 15.4. The molecule has 5 rings (SSSR count). The normalized spacial score (nSPS) is 17.2. The van der Waals surface area contributed by atoms with Crippen LogP contribution in [0.15, 0.2) is 78.9 Å². The molecular weight excluding hydrogens is 729 g/mol. The van der Waals surface area contributed by atoms with Gasteiger partial charge in [-0.1, -0.05) is 60.7 Å². The van der Waals surface area contributed by atoms with E-state index in [2.05, 4.69) is 16.0 Å². The highest BCUT2D eigenvalue weighted by Gasteiger charge is 2.40. The van der Waals surface area contributed by atoms with Gasteiger partial charge in [0.15, 0.2) is 11.6 Å². The summed E-state index contributed by atoms with van der Waals surface area (Å²) in [6.07, 6.45) is -1.27. The van der Waals surface area contributed by atoms with Crippen molar-refractivity contribution < 1.29 is 52.0 Å². The summed E-state index contributed by atoms with van der Waals surface area (Å²) in [5.41, 5.74) is 6.49. The molecule has 2 fully saturated rings. The van der Waals surface area contributed by atoms with E-state index in [0.29, 0.717) is 38.8 Å². The Kier molecular flexibility index (Phi) is 15.0. The second kappa shape index (κ2) is 20.3. The number of carbonyl (C=O) groups is 5. The number of amides is 3. The first-order valence-electron chi connectivity index (χ1n) is 18.5. The number of anilines is 1. The van der Waals surface area contributed by atoms with Gasteiger partial charge in [0, 0.05) is 25.5 Å². The fourth-order valence-electron chi connectivity index (χ4n) is 6.17. The highest BCUT2D eigenvalue weighted by atomic mass is 19.1. The first-order valence-corrected chi connectivity index (χ1v) is 18.5. The van der Waals surface area contributed by atoms with Crippen molar-refractivity contribution in [2.75, 3.05) is 37.7 Å². The van der Waals surface area contributed by atoms with Crippen molar-refractivity contribution in [1.82, 2.24) is 16.0 Å². The van der Waals surface area contributed by atoms with Gasteiger partial charge in [-0.2, -0.15) is 0 Å². The number of nitrogens with one attached hydrogen (secondary N) is 3. The molecule has 0 saturated carbocycles. The third-order valence-electron chi connectivity index (χ3n) is 9.45. The number of halogens is 1. The number of alkyl carbamates (subject to hydrolysis) is 2. The fraction of sp³-hybridized carbons (Fsp3) is 0.425. The van der Waals surface area contributed by atoms with Crippen LogP contribution in [0, 0.1) is 5.82 Å². The molecule has 16 heteroatoms. The van der Waals surface area contributed by atoms with Crippen LogP contribution in [0.25, 0.3) is 0 Å². The Hall–Kier alpha value is -5.74. The molecule has 0 aliphatic carbocycles. The summed E-state index contributed by atoms with van der Waals surface area (Å²) < 4.78 is 43.3. The lowest BCUT2D eigenvalue weighted by Crippen LogP contribution is -2.52. The molecule has 300 valence electrons. The van der Waals surface area contributed by atoms with Gasteiger partial charge in [-0.15, -0.1) is 0 Å². The maximum Gasteiger partial charge on any atom is 0.414 e. The summed E-state index contributed by atoms with van der Waals surface area (Å²) in [6, 6.07) is 20.2. The number of ketones is 1. The van der Waals surface area contributed by atoms with Crippen LogP contribution in [0.4, 0.5) is 24.5 Å². The Labute approximate surface area is 324 Å². The summed E-state index contributed by atoms with van der Waals surface area (Å²) in [6.45, 7) is 2.44. The molecule has 3 aromatic rings. The van der Waals surface area contributed by atoms with Crippen molar-refractivity contribution in [2.24, 2.45) is 5.73 Å². The minimum absolute atomic E-state index is 0.0112. The molecule has 3 amide bonds. The number of ether oxygens (including phenoxy) is 5. The third-order valence-corrected chi connectivity index (χ3v) is 9.45. The van der Waals surface area contributed by atoms with Crippen molar-refractivity contribution in [2.45, 2.75) is 76.0 Å². The van der Waals surface area contributed by atoms with Crippen molar-refractivity contribution in [3.05, 3.63) is 95.8 Å². The molecule has 0 spiro atoms. The van der Waals surface area contributed by atoms with Gasteiger partial charge in [-0.3, -0.25) is 9.69 Å². The highest BCUT2D eigenvalue weighted by molar-refractivity contribution is 5.91. The number of hydrogen-bond donors (Lipinski definition) is 4. The number of hydrogen-bond acceptors (Lipinski definition) is 12. The van der Waals surface area contributed by atoms with Gasteiger partial charge in [0.25, 0.3) is 0 Å². The fourth-order valence-corrected chi connectivity index (χ4v) is 6.17. The first-order chi connectivity index (χ1) is 27.0. The number of nitrogens with zero attached hydrogens (tertiary/aromatic N) is 1. The van der Waals surface area contributed by atoms with Crippen molar-refractivity contribution >= 4 is 35.7 Å². The minimum Gasteiger partial charge on any atom is -0.486 e. The summed E-state index contributed by atoms with van der Waals surface area (Å²) in [5.74, 6) is -1.97. The second-order valence-corrected chi connectivity index (χ2v) is 13.7. The molecule has 2 saturated heterocycles. The number of esters is 1. The predicted molar refractivity (Wildman–Crippen MR) is 201 cm³/mol. The molecule has 2 aliphatic heterocycles. The van der Waals surface area contributed by atoms with Crippen molar-refractivity contribution in [3.8, 4) is 5.75 Å². The van der Waals surface area contributed by atoms with Gasteiger partial charge >= 0.3 is 24.2 Å². The Balaban J connectivity index is 1.19. The average molecular weight is 778 g/mol. The molecule has 2 unspecified atom stereocenters. The van der Waals surface area contributed by atoms with E-state index in [9.17, 15) is 24.0 Å². The molecule has 56 heavy (non-hydrogen) atoms. The number of cyclic esters (lactones) is 1. The lowest BCUT2D eigenvalue weighted by Gasteiger charge is -2.37. The zero-order chi connectivity index (χ0) is 39.9. The van der Waals surface area contributed by atoms with Crippen LogP contribution in [0.5, 0.6) is 5.75 Å². The highest BCUT2D eigenvalue weighted by Crippen LogP contribution is 2.31. The zero-order valence-electron chi connectivity index (χ0n) is 31.2. The lowest BCUT2D eigenvalue weighted by molar-refractivity contribution is -0.169. The third kappa shape index (κ3) is 12.1. The van der Waals surface area contributed by atoms with Crippen molar-refractivity contribution in [1.29, 1.82) is 0 Å². The molecule has 0 radical (unpaired) electrons. The standard InChI is InChI=1S/C40H48FN5O10/c1-27(47)35(42)34-23-46(39(51)55-34)30-15-16-33(31(41)22-30)54-26-40(17-20-43-21-18-40)56-36(48)32(45-38(50)53-25-29-12-6-3-7-13-29)14-8-9-19-44-37(49)52-24-28-10-4-2-5-11-28/h2-7,10-13,15-16,22,32,34-35,43H,8-9,14,17-21,23-26,42H2,1H3,(H,44,49)(H,45,50)/t32?,34-,35?/m0/s1. The maximum atomic E-state index is 15.4. The second-order valence-electron chi connectivity index (χ2n) is 13.7. The van der Waals surface area contributed by atoms with Gasteiger partial charge in [-0.25, -0.2) is 23.6 Å². The Morgan fingerprint density at radius 2 is 1.59 bits per heavy atom. The summed E-state index contributed by atoms with van der Waals surface area (Å²) >= 11 is 0. The van der Waals surface area contributed by atoms with E-state index in [0.717, 1.165) is 17.2 Å². The summed E-state index contributed by atoms with van der Waals surface area (Å²) in [4.78, 5) is 64.3.